The first-order valence-corrected chi connectivity index (χ1v) is 8.07. The van der Waals surface area contributed by atoms with E-state index in [1.54, 1.807) is 12.3 Å². The average Bonchev–Trinajstić information content (AvgIpc) is 3.02. The maximum Gasteiger partial charge on any atom is 0.226 e. The van der Waals surface area contributed by atoms with Crippen molar-refractivity contribution in [3.63, 3.8) is 0 Å². The lowest BCUT2D eigenvalue weighted by Crippen LogP contribution is -2.18. The molecule has 0 radical (unpaired) electrons. The van der Waals surface area contributed by atoms with Crippen LogP contribution in [0.3, 0.4) is 0 Å². The van der Waals surface area contributed by atoms with Crippen LogP contribution in [-0.2, 0) is 6.54 Å². The van der Waals surface area contributed by atoms with Crippen LogP contribution in [0.1, 0.15) is 24.2 Å². The first-order valence-electron chi connectivity index (χ1n) is 7.31. The van der Waals surface area contributed by atoms with Crippen molar-refractivity contribution in [1.29, 1.82) is 0 Å². The van der Waals surface area contributed by atoms with E-state index in [1.807, 2.05) is 49.4 Å². The molecule has 3 nitrogen and oxygen atoms in total. The summed E-state index contributed by atoms with van der Waals surface area (Å²) >= 11 is 12.2. The van der Waals surface area contributed by atoms with Crippen LogP contribution in [0.5, 0.6) is 0 Å². The number of nitrogens with zero attached hydrogens (tertiary/aromatic N) is 1. The number of benzene rings is 2. The molecule has 1 N–H and O–H groups in total. The first kappa shape index (κ1) is 16.1. The maximum absolute atomic E-state index is 6.23. The standard InChI is InChI=1S/C18H16Cl2N2O/c1-12(16-8-7-14(19)9-17(16)20)21-10-15-11-23-18(22-15)13-5-3-2-4-6-13/h2-9,11-12,21H,10H2,1H3. The minimum Gasteiger partial charge on any atom is -0.444 e. The smallest absolute Gasteiger partial charge is 0.226 e. The van der Waals surface area contributed by atoms with Gasteiger partial charge in [-0.3, -0.25) is 0 Å². The number of hydrogen-bond acceptors (Lipinski definition) is 3. The summed E-state index contributed by atoms with van der Waals surface area (Å²) in [6.07, 6.45) is 1.67. The molecule has 1 aromatic heterocycles. The Morgan fingerprint density at radius 2 is 1.91 bits per heavy atom. The SMILES string of the molecule is CC(NCc1coc(-c2ccccc2)n1)c1ccc(Cl)cc1Cl. The minimum atomic E-state index is 0.0802. The summed E-state index contributed by atoms with van der Waals surface area (Å²) < 4.78 is 5.53. The lowest BCUT2D eigenvalue weighted by Gasteiger charge is -2.15. The topological polar surface area (TPSA) is 38.1 Å². The summed E-state index contributed by atoms with van der Waals surface area (Å²) in [4.78, 5) is 4.50. The van der Waals surface area contributed by atoms with E-state index in [0.29, 0.717) is 22.5 Å². The van der Waals surface area contributed by atoms with E-state index in [-0.39, 0.29) is 6.04 Å². The van der Waals surface area contributed by atoms with Crippen LogP contribution in [0.4, 0.5) is 0 Å². The summed E-state index contributed by atoms with van der Waals surface area (Å²) in [7, 11) is 0. The number of nitrogens with one attached hydrogen (secondary N) is 1. The molecule has 0 aliphatic carbocycles. The fraction of sp³-hybridized carbons (Fsp3) is 0.167. The highest BCUT2D eigenvalue weighted by atomic mass is 35.5. The molecule has 118 valence electrons. The second-order valence-corrected chi connectivity index (χ2v) is 6.12. The Labute approximate surface area is 145 Å². The Morgan fingerprint density at radius 1 is 1.13 bits per heavy atom. The van der Waals surface area contributed by atoms with Crippen molar-refractivity contribution in [3.05, 3.63) is 76.1 Å². The normalized spacial score (nSPS) is 12.3. The van der Waals surface area contributed by atoms with Gasteiger partial charge < -0.3 is 9.73 Å². The van der Waals surface area contributed by atoms with Crippen LogP contribution in [0.2, 0.25) is 10.0 Å². The molecular formula is C18H16Cl2N2O. The average molecular weight is 347 g/mol. The lowest BCUT2D eigenvalue weighted by atomic mass is 10.1. The number of halogens is 2. The van der Waals surface area contributed by atoms with Gasteiger partial charge in [0.05, 0.1) is 5.69 Å². The molecule has 0 saturated carbocycles. The third-order valence-electron chi connectivity index (χ3n) is 3.59. The molecule has 0 aliphatic rings. The van der Waals surface area contributed by atoms with Gasteiger partial charge >= 0.3 is 0 Å². The van der Waals surface area contributed by atoms with Gasteiger partial charge in [0.25, 0.3) is 0 Å². The van der Waals surface area contributed by atoms with Crippen LogP contribution < -0.4 is 5.32 Å². The molecule has 5 heteroatoms. The van der Waals surface area contributed by atoms with Gasteiger partial charge in [-0.2, -0.15) is 0 Å². The lowest BCUT2D eigenvalue weighted by molar-refractivity contribution is 0.554. The predicted octanol–water partition coefficient (Wildman–Crippen LogP) is 5.50. The summed E-state index contributed by atoms with van der Waals surface area (Å²) in [5.41, 5.74) is 2.82. The molecule has 0 spiro atoms. The van der Waals surface area contributed by atoms with Crippen LogP contribution in [-0.4, -0.2) is 4.98 Å². The first-order chi connectivity index (χ1) is 11.1. The summed E-state index contributed by atoms with van der Waals surface area (Å²) in [6.45, 7) is 2.64. The van der Waals surface area contributed by atoms with Gasteiger partial charge in [0.2, 0.25) is 5.89 Å². The van der Waals surface area contributed by atoms with Crippen molar-refractivity contribution in [2.24, 2.45) is 0 Å². The van der Waals surface area contributed by atoms with Gasteiger partial charge in [-0.25, -0.2) is 4.98 Å². The molecule has 3 aromatic rings. The van der Waals surface area contributed by atoms with Gasteiger partial charge in [0, 0.05) is 28.2 Å². The highest BCUT2D eigenvalue weighted by molar-refractivity contribution is 6.35. The van der Waals surface area contributed by atoms with E-state index in [9.17, 15) is 0 Å². The second-order valence-electron chi connectivity index (χ2n) is 5.28. The predicted molar refractivity (Wildman–Crippen MR) is 93.7 cm³/mol. The van der Waals surface area contributed by atoms with Crippen molar-refractivity contribution >= 4 is 23.2 Å². The van der Waals surface area contributed by atoms with Crippen molar-refractivity contribution in [3.8, 4) is 11.5 Å². The third-order valence-corrected chi connectivity index (χ3v) is 4.15. The molecule has 0 amide bonds. The third kappa shape index (κ3) is 3.94. The zero-order valence-corrected chi connectivity index (χ0v) is 14.1. The highest BCUT2D eigenvalue weighted by Crippen LogP contribution is 2.26. The Hall–Kier alpha value is -1.81. The number of rotatable bonds is 5. The van der Waals surface area contributed by atoms with E-state index in [0.717, 1.165) is 16.8 Å². The Morgan fingerprint density at radius 3 is 2.65 bits per heavy atom. The van der Waals surface area contributed by atoms with Crippen LogP contribution in [0.25, 0.3) is 11.5 Å². The van der Waals surface area contributed by atoms with Crippen LogP contribution >= 0.6 is 23.2 Å². The quantitative estimate of drug-likeness (QED) is 0.662. The molecule has 23 heavy (non-hydrogen) atoms. The fourth-order valence-corrected chi connectivity index (χ4v) is 2.89. The molecular weight excluding hydrogens is 331 g/mol. The highest BCUT2D eigenvalue weighted by Gasteiger charge is 2.11. The molecule has 0 bridgehead atoms. The summed E-state index contributed by atoms with van der Waals surface area (Å²) in [5, 5.41) is 4.68. The van der Waals surface area contributed by atoms with Crippen molar-refractivity contribution in [2.45, 2.75) is 19.5 Å². The van der Waals surface area contributed by atoms with Crippen molar-refractivity contribution in [2.75, 3.05) is 0 Å². The largest absolute Gasteiger partial charge is 0.444 e. The number of aromatic nitrogens is 1. The fourth-order valence-electron chi connectivity index (χ4n) is 2.32. The van der Waals surface area contributed by atoms with Crippen LogP contribution in [0.15, 0.2) is 59.2 Å². The minimum absolute atomic E-state index is 0.0802. The van der Waals surface area contributed by atoms with E-state index < -0.39 is 0 Å². The molecule has 2 aromatic carbocycles. The Bertz CT molecular complexity index is 787. The van der Waals surface area contributed by atoms with Gasteiger partial charge in [0.15, 0.2) is 0 Å². The molecule has 1 atom stereocenters. The second kappa shape index (κ2) is 7.18. The molecule has 1 heterocycles. The van der Waals surface area contributed by atoms with Gasteiger partial charge in [0.1, 0.15) is 6.26 Å². The van der Waals surface area contributed by atoms with Crippen molar-refractivity contribution in [1.82, 2.24) is 10.3 Å². The zero-order chi connectivity index (χ0) is 16.2. The molecule has 0 saturated heterocycles. The number of oxazole rings is 1. The van der Waals surface area contributed by atoms with Gasteiger partial charge in [-0.15, -0.1) is 0 Å². The molecule has 3 rings (SSSR count). The molecule has 0 aliphatic heterocycles. The van der Waals surface area contributed by atoms with Gasteiger partial charge in [-0.05, 0) is 36.8 Å². The van der Waals surface area contributed by atoms with Crippen molar-refractivity contribution < 1.29 is 4.42 Å². The Balaban J connectivity index is 1.65. The molecule has 1 unspecified atom stereocenters. The summed E-state index contributed by atoms with van der Waals surface area (Å²) in [5.74, 6) is 0.625. The summed E-state index contributed by atoms with van der Waals surface area (Å²) in [6, 6.07) is 15.4. The van der Waals surface area contributed by atoms with E-state index in [4.69, 9.17) is 27.6 Å². The Kier molecular flexibility index (Phi) is 5.01. The van der Waals surface area contributed by atoms with Gasteiger partial charge in [-0.1, -0.05) is 47.5 Å². The van der Waals surface area contributed by atoms with E-state index in [1.165, 1.54) is 0 Å². The van der Waals surface area contributed by atoms with Crippen LogP contribution in [0, 0.1) is 0 Å². The molecule has 0 fully saturated rings. The maximum atomic E-state index is 6.23. The zero-order valence-electron chi connectivity index (χ0n) is 12.6. The van der Waals surface area contributed by atoms with E-state index in [2.05, 4.69) is 10.3 Å². The van der Waals surface area contributed by atoms with E-state index >= 15 is 0 Å². The number of hydrogen-bond donors (Lipinski definition) is 1. The monoisotopic (exact) mass is 346 g/mol.